The molecule has 8 heteroatoms. The Morgan fingerprint density at radius 3 is 2.92 bits per heavy atom. The van der Waals surface area contributed by atoms with Gasteiger partial charge in [0.1, 0.15) is 19.0 Å². The van der Waals surface area contributed by atoms with Gasteiger partial charge >= 0.3 is 13.1 Å². The Hall–Kier alpha value is -2.71. The molecule has 0 radical (unpaired) electrons. The maximum Gasteiger partial charge on any atom is 0.492 e. The van der Waals surface area contributed by atoms with Crippen molar-refractivity contribution in [1.29, 1.82) is 0 Å². The lowest BCUT2D eigenvalue weighted by molar-refractivity contribution is -0.143. The van der Waals surface area contributed by atoms with Gasteiger partial charge in [0.05, 0.1) is 6.61 Å². The molecule has 1 heterocycles. The lowest BCUT2D eigenvalue weighted by atomic mass is 9.75. The average Bonchev–Trinajstić information content (AvgIpc) is 3.00. The van der Waals surface area contributed by atoms with Gasteiger partial charge in [0.15, 0.2) is 0 Å². The molecule has 0 spiro atoms. The molecule has 1 aliphatic rings. The molecule has 2 aromatic rings. The van der Waals surface area contributed by atoms with Crippen LogP contribution < -0.4 is 10.8 Å². The number of rotatable bonds is 5. The van der Waals surface area contributed by atoms with E-state index >= 15 is 0 Å². The fraction of sp³-hybridized carbons (Fsp3) is 0.222. The van der Waals surface area contributed by atoms with Crippen LogP contribution in [0.15, 0.2) is 36.4 Å². The van der Waals surface area contributed by atoms with Crippen LogP contribution in [0.4, 0.5) is 4.39 Å². The minimum Gasteiger partial charge on any atom is -0.460 e. The van der Waals surface area contributed by atoms with Gasteiger partial charge in [-0.05, 0) is 47.3 Å². The summed E-state index contributed by atoms with van der Waals surface area (Å²) in [5, 5.41) is 12.3. The van der Waals surface area contributed by atoms with Crippen LogP contribution >= 0.6 is 0 Å². The number of carbonyl (C=O) groups is 2. The molecule has 134 valence electrons. The molecule has 0 saturated carbocycles. The van der Waals surface area contributed by atoms with Gasteiger partial charge in [0.25, 0.3) is 5.91 Å². The van der Waals surface area contributed by atoms with E-state index < -0.39 is 24.8 Å². The predicted molar refractivity (Wildman–Crippen MR) is 92.1 cm³/mol. The molecule has 0 saturated heterocycles. The van der Waals surface area contributed by atoms with Crippen molar-refractivity contribution in [1.82, 2.24) is 5.32 Å². The second-order valence-electron chi connectivity index (χ2n) is 5.95. The van der Waals surface area contributed by atoms with Crippen molar-refractivity contribution < 1.29 is 28.4 Å². The van der Waals surface area contributed by atoms with Gasteiger partial charge < -0.3 is 19.7 Å². The Bertz CT molecular complexity index is 857. The molecule has 0 fully saturated rings. The van der Waals surface area contributed by atoms with E-state index in [9.17, 15) is 19.0 Å². The van der Waals surface area contributed by atoms with Gasteiger partial charge in [-0.3, -0.25) is 9.59 Å². The number of halogens is 1. The maximum atomic E-state index is 13.1. The zero-order chi connectivity index (χ0) is 18.7. The number of benzene rings is 2. The molecule has 26 heavy (non-hydrogen) atoms. The number of carbonyl (C=O) groups excluding carboxylic acids is 2. The summed E-state index contributed by atoms with van der Waals surface area (Å²) in [5.41, 5.74) is 2.91. The number of amides is 1. The SMILES string of the molecule is Cc1c(C(=O)NCC(=O)OCc2cccc(F)c2)ccc2c1B(O)OC2. The third-order valence-corrected chi connectivity index (χ3v) is 4.18. The van der Waals surface area contributed by atoms with E-state index in [1.54, 1.807) is 25.1 Å². The van der Waals surface area contributed by atoms with Gasteiger partial charge in [0, 0.05) is 5.56 Å². The second-order valence-corrected chi connectivity index (χ2v) is 5.95. The first-order valence-corrected chi connectivity index (χ1v) is 8.06. The van der Waals surface area contributed by atoms with Crippen molar-refractivity contribution in [3.63, 3.8) is 0 Å². The molecule has 0 atom stereocenters. The van der Waals surface area contributed by atoms with Crippen LogP contribution in [0.1, 0.15) is 27.0 Å². The van der Waals surface area contributed by atoms with Crippen molar-refractivity contribution in [2.45, 2.75) is 20.1 Å². The molecule has 1 amide bonds. The smallest absolute Gasteiger partial charge is 0.460 e. The molecular formula is C18H17BFNO5. The summed E-state index contributed by atoms with van der Waals surface area (Å²) in [6, 6.07) is 9.07. The van der Waals surface area contributed by atoms with Crippen LogP contribution in [0.25, 0.3) is 0 Å². The van der Waals surface area contributed by atoms with Gasteiger partial charge in [0.2, 0.25) is 0 Å². The van der Waals surface area contributed by atoms with Gasteiger partial charge in [-0.1, -0.05) is 18.2 Å². The molecule has 2 N–H and O–H groups in total. The van der Waals surface area contributed by atoms with E-state index in [0.717, 1.165) is 5.56 Å². The molecule has 0 unspecified atom stereocenters. The summed E-state index contributed by atoms with van der Waals surface area (Å²) in [6.45, 7) is 1.62. The highest BCUT2D eigenvalue weighted by atomic mass is 19.1. The molecule has 0 aromatic heterocycles. The first-order valence-electron chi connectivity index (χ1n) is 8.06. The van der Waals surface area contributed by atoms with Crippen LogP contribution in [0.3, 0.4) is 0 Å². The van der Waals surface area contributed by atoms with E-state index in [2.05, 4.69) is 5.32 Å². The van der Waals surface area contributed by atoms with Gasteiger partial charge in [-0.25, -0.2) is 4.39 Å². The number of nitrogens with one attached hydrogen (secondary N) is 1. The summed E-state index contributed by atoms with van der Waals surface area (Å²) in [4.78, 5) is 24.1. The van der Waals surface area contributed by atoms with Gasteiger partial charge in [-0.2, -0.15) is 0 Å². The maximum absolute atomic E-state index is 13.1. The number of esters is 1. The Labute approximate surface area is 150 Å². The Balaban J connectivity index is 1.56. The predicted octanol–water partition coefficient (Wildman–Crippen LogP) is 0.825. The molecular weight excluding hydrogens is 340 g/mol. The standard InChI is InChI=1S/C18H17BFNO5/c1-11-15(6-5-13-10-26-19(24)17(11)13)18(23)21-8-16(22)25-9-12-3-2-4-14(20)7-12/h2-7,24H,8-10H2,1H3,(H,21,23). The largest absolute Gasteiger partial charge is 0.492 e. The molecule has 0 bridgehead atoms. The lowest BCUT2D eigenvalue weighted by Gasteiger charge is -2.11. The highest BCUT2D eigenvalue weighted by molar-refractivity contribution is 6.62. The summed E-state index contributed by atoms with van der Waals surface area (Å²) < 4.78 is 23.2. The minimum atomic E-state index is -1.05. The molecule has 1 aliphatic heterocycles. The van der Waals surface area contributed by atoms with Crippen LogP contribution in [-0.2, 0) is 27.4 Å². The van der Waals surface area contributed by atoms with Crippen molar-refractivity contribution in [3.05, 3.63) is 64.5 Å². The summed E-state index contributed by atoms with van der Waals surface area (Å²) in [7, 11) is -1.05. The monoisotopic (exact) mass is 357 g/mol. The van der Waals surface area contributed by atoms with Crippen LogP contribution in [0, 0.1) is 12.7 Å². The third kappa shape index (κ3) is 3.92. The third-order valence-electron chi connectivity index (χ3n) is 4.18. The number of fused-ring (bicyclic) bond motifs is 1. The molecule has 0 aliphatic carbocycles. The minimum absolute atomic E-state index is 0.0755. The summed E-state index contributed by atoms with van der Waals surface area (Å²) >= 11 is 0. The number of hydrogen-bond donors (Lipinski definition) is 2. The zero-order valence-electron chi connectivity index (χ0n) is 14.1. The number of ether oxygens (including phenoxy) is 1. The topological polar surface area (TPSA) is 84.9 Å². The van der Waals surface area contributed by atoms with E-state index in [-0.39, 0.29) is 13.2 Å². The Morgan fingerprint density at radius 2 is 2.15 bits per heavy atom. The highest BCUT2D eigenvalue weighted by Crippen LogP contribution is 2.16. The fourth-order valence-electron chi connectivity index (χ4n) is 2.84. The summed E-state index contributed by atoms with van der Waals surface area (Å²) in [6.07, 6.45) is 0. The molecule has 2 aromatic carbocycles. The first kappa shape index (κ1) is 18.1. The van der Waals surface area contributed by atoms with Crippen molar-refractivity contribution >= 4 is 24.5 Å². The second kappa shape index (κ2) is 7.67. The van der Waals surface area contributed by atoms with E-state index in [0.29, 0.717) is 28.8 Å². The first-order chi connectivity index (χ1) is 12.5. The van der Waals surface area contributed by atoms with Crippen molar-refractivity contribution in [2.24, 2.45) is 0 Å². The van der Waals surface area contributed by atoms with Crippen molar-refractivity contribution in [2.75, 3.05) is 6.54 Å². The quantitative estimate of drug-likeness (QED) is 0.612. The van der Waals surface area contributed by atoms with E-state index in [4.69, 9.17) is 9.39 Å². The van der Waals surface area contributed by atoms with Crippen LogP contribution in [0.5, 0.6) is 0 Å². The van der Waals surface area contributed by atoms with Crippen LogP contribution in [-0.4, -0.2) is 30.6 Å². The normalized spacial score (nSPS) is 12.7. The summed E-state index contributed by atoms with van der Waals surface area (Å²) in [5.74, 6) is -1.50. The highest BCUT2D eigenvalue weighted by Gasteiger charge is 2.31. The molecule has 6 nitrogen and oxygen atoms in total. The average molecular weight is 357 g/mol. The Kier molecular flexibility index (Phi) is 5.34. The zero-order valence-corrected chi connectivity index (χ0v) is 14.1. The fourth-order valence-corrected chi connectivity index (χ4v) is 2.84. The molecule has 3 rings (SSSR count). The van der Waals surface area contributed by atoms with Crippen molar-refractivity contribution in [3.8, 4) is 0 Å². The van der Waals surface area contributed by atoms with E-state index in [1.807, 2.05) is 0 Å². The van der Waals surface area contributed by atoms with E-state index in [1.165, 1.54) is 18.2 Å². The van der Waals surface area contributed by atoms with Crippen LogP contribution in [0.2, 0.25) is 0 Å². The van der Waals surface area contributed by atoms with Gasteiger partial charge in [-0.15, -0.1) is 0 Å². The lowest BCUT2D eigenvalue weighted by Crippen LogP contribution is -2.35. The Morgan fingerprint density at radius 1 is 1.35 bits per heavy atom. The number of hydrogen-bond acceptors (Lipinski definition) is 5.